The van der Waals surface area contributed by atoms with E-state index >= 15 is 0 Å². The maximum absolute atomic E-state index is 13.9. The molecule has 0 atom stereocenters. The largest absolute Gasteiger partial charge is 0.319 e. The van der Waals surface area contributed by atoms with Gasteiger partial charge in [-0.05, 0) is 17.5 Å². The second-order valence-corrected chi connectivity index (χ2v) is 7.88. The molecule has 0 aliphatic rings. The average molecular weight is 472 g/mol. The number of thiophene rings is 1. The first-order valence-corrected chi connectivity index (χ1v) is 10.3. The zero-order chi connectivity index (χ0) is 23.1. The Bertz CT molecular complexity index is 1490. The lowest BCUT2D eigenvalue weighted by atomic mass is 10.2. The van der Waals surface area contributed by atoms with Crippen LogP contribution in [0, 0.1) is 23.3 Å². The molecule has 166 valence electrons. The van der Waals surface area contributed by atoms with Gasteiger partial charge in [-0.3, -0.25) is 9.48 Å². The van der Waals surface area contributed by atoms with Crippen molar-refractivity contribution in [1.82, 2.24) is 24.4 Å². The quantitative estimate of drug-likeness (QED) is 0.232. The minimum absolute atomic E-state index is 0.207. The van der Waals surface area contributed by atoms with Crippen LogP contribution in [0.3, 0.4) is 0 Å². The predicted octanol–water partition coefficient (Wildman–Crippen LogP) is 4.51. The number of halogens is 4. The topological polar surface area (TPSA) is 77.1 Å². The minimum Gasteiger partial charge on any atom is -0.319 e. The highest BCUT2D eigenvalue weighted by Crippen LogP contribution is 2.26. The highest BCUT2D eigenvalue weighted by Gasteiger charge is 2.20. The van der Waals surface area contributed by atoms with Crippen LogP contribution in [0.2, 0.25) is 0 Å². The normalized spacial score (nSPS) is 11.3. The Morgan fingerprint density at radius 2 is 1.91 bits per heavy atom. The van der Waals surface area contributed by atoms with Gasteiger partial charge in [-0.15, -0.1) is 11.3 Å². The Balaban J connectivity index is 1.38. The maximum atomic E-state index is 13.9. The van der Waals surface area contributed by atoms with E-state index in [0.29, 0.717) is 5.65 Å². The molecule has 1 N–H and O–H groups in total. The number of fused-ring (bicyclic) bond motifs is 1. The molecule has 1 aromatic carbocycles. The Labute approximate surface area is 186 Å². The van der Waals surface area contributed by atoms with Crippen molar-refractivity contribution in [1.29, 1.82) is 0 Å². The molecule has 5 aromatic rings. The van der Waals surface area contributed by atoms with E-state index in [9.17, 15) is 22.4 Å². The van der Waals surface area contributed by atoms with E-state index in [1.807, 2.05) is 17.5 Å². The lowest BCUT2D eigenvalue weighted by Gasteiger charge is -2.07. The third kappa shape index (κ3) is 3.74. The van der Waals surface area contributed by atoms with Crippen LogP contribution in [-0.2, 0) is 6.54 Å². The van der Waals surface area contributed by atoms with Crippen molar-refractivity contribution in [2.24, 2.45) is 0 Å². The van der Waals surface area contributed by atoms with Crippen molar-refractivity contribution >= 4 is 28.6 Å². The Morgan fingerprint density at radius 1 is 1.06 bits per heavy atom. The van der Waals surface area contributed by atoms with E-state index in [1.54, 1.807) is 16.8 Å². The van der Waals surface area contributed by atoms with Crippen molar-refractivity contribution in [2.45, 2.75) is 6.54 Å². The zero-order valence-corrected chi connectivity index (χ0v) is 17.3. The van der Waals surface area contributed by atoms with Crippen LogP contribution in [0.1, 0.15) is 15.9 Å². The van der Waals surface area contributed by atoms with Crippen molar-refractivity contribution < 1.29 is 22.4 Å². The van der Waals surface area contributed by atoms with Crippen LogP contribution in [0.5, 0.6) is 0 Å². The number of carbonyl (C=O) groups excluding carboxylic acids is 1. The smallest absolute Gasteiger partial charge is 0.261 e. The Hall–Kier alpha value is -4.06. The molecule has 0 aliphatic carbocycles. The van der Waals surface area contributed by atoms with Gasteiger partial charge >= 0.3 is 0 Å². The van der Waals surface area contributed by atoms with Gasteiger partial charge in [0.25, 0.3) is 5.91 Å². The fourth-order valence-electron chi connectivity index (χ4n) is 3.29. The van der Waals surface area contributed by atoms with E-state index in [-0.39, 0.29) is 17.3 Å². The second-order valence-electron chi connectivity index (χ2n) is 6.93. The molecule has 0 bridgehead atoms. The number of hydrogen-bond acceptors (Lipinski definition) is 5. The number of carbonyl (C=O) groups is 1. The summed E-state index contributed by atoms with van der Waals surface area (Å²) >= 11 is 1.52. The lowest BCUT2D eigenvalue weighted by molar-refractivity contribution is 0.102. The Kier molecular flexibility index (Phi) is 5.13. The molecule has 7 nitrogen and oxygen atoms in total. The lowest BCUT2D eigenvalue weighted by Crippen LogP contribution is -2.12. The standard InChI is InChI=1S/C21H12F4N6OS/c22-14-6-15(23)19(25)18(24)13(14)10-30-9-11(7-27-30)29-21(32)12-8-28-31-16(3-4-26-20(12)31)17-2-1-5-33-17/h1-9H,10H2,(H,29,32). The third-order valence-corrected chi connectivity index (χ3v) is 5.73. The van der Waals surface area contributed by atoms with Crippen LogP contribution >= 0.6 is 11.3 Å². The summed E-state index contributed by atoms with van der Waals surface area (Å²) in [5, 5.41) is 12.7. The number of nitrogens with zero attached hydrogens (tertiary/aromatic N) is 5. The number of benzene rings is 1. The summed E-state index contributed by atoms with van der Waals surface area (Å²) in [6.07, 6.45) is 5.51. The number of aromatic nitrogens is 5. The molecule has 0 spiro atoms. The monoisotopic (exact) mass is 472 g/mol. The first-order chi connectivity index (χ1) is 15.9. The molecule has 0 radical (unpaired) electrons. The summed E-state index contributed by atoms with van der Waals surface area (Å²) in [4.78, 5) is 18.0. The van der Waals surface area contributed by atoms with Crippen LogP contribution in [0.25, 0.3) is 16.2 Å². The van der Waals surface area contributed by atoms with Crippen LogP contribution in [0.4, 0.5) is 23.2 Å². The number of amides is 1. The minimum atomic E-state index is -1.77. The van der Waals surface area contributed by atoms with E-state index in [0.717, 1.165) is 15.3 Å². The number of hydrogen-bond donors (Lipinski definition) is 1. The van der Waals surface area contributed by atoms with Crippen molar-refractivity contribution in [3.05, 3.63) is 88.8 Å². The Morgan fingerprint density at radius 3 is 2.70 bits per heavy atom. The van der Waals surface area contributed by atoms with Crippen LogP contribution < -0.4 is 5.32 Å². The fourth-order valence-corrected chi connectivity index (χ4v) is 4.02. The third-order valence-electron chi connectivity index (χ3n) is 4.84. The van der Waals surface area contributed by atoms with Gasteiger partial charge in [0, 0.05) is 24.0 Å². The van der Waals surface area contributed by atoms with Gasteiger partial charge in [0.1, 0.15) is 11.4 Å². The summed E-state index contributed by atoms with van der Waals surface area (Å²) in [6, 6.07) is 5.88. The van der Waals surface area contributed by atoms with Gasteiger partial charge in [0.15, 0.2) is 23.1 Å². The van der Waals surface area contributed by atoms with Crippen LogP contribution in [0.15, 0.2) is 54.4 Å². The molecule has 4 heterocycles. The molecule has 0 aliphatic heterocycles. The zero-order valence-electron chi connectivity index (χ0n) is 16.5. The molecule has 4 aromatic heterocycles. The van der Waals surface area contributed by atoms with Gasteiger partial charge in [-0.25, -0.2) is 27.1 Å². The molecule has 0 unspecified atom stereocenters. The van der Waals surface area contributed by atoms with Gasteiger partial charge < -0.3 is 5.32 Å². The maximum Gasteiger partial charge on any atom is 0.261 e. The highest BCUT2D eigenvalue weighted by atomic mass is 32.1. The SMILES string of the molecule is O=C(Nc1cnn(Cc2c(F)cc(F)c(F)c2F)c1)c1cnn2c(-c3cccs3)ccnc12. The molecule has 0 saturated heterocycles. The number of anilines is 1. The first kappa shape index (κ1) is 20.8. The number of rotatable bonds is 5. The van der Waals surface area contributed by atoms with Crippen LogP contribution in [-0.4, -0.2) is 30.3 Å². The van der Waals surface area contributed by atoms with E-state index in [1.165, 1.54) is 29.9 Å². The van der Waals surface area contributed by atoms with Gasteiger partial charge in [0.05, 0.1) is 35.2 Å². The van der Waals surface area contributed by atoms with Crippen molar-refractivity contribution in [2.75, 3.05) is 5.32 Å². The molecular weight excluding hydrogens is 460 g/mol. The molecule has 12 heteroatoms. The summed E-state index contributed by atoms with van der Waals surface area (Å²) in [7, 11) is 0. The second kappa shape index (κ2) is 8.13. The summed E-state index contributed by atoms with van der Waals surface area (Å²) in [5.74, 6) is -6.79. The van der Waals surface area contributed by atoms with Crippen molar-refractivity contribution in [3.63, 3.8) is 0 Å². The molecule has 0 saturated carbocycles. The molecule has 0 fully saturated rings. The first-order valence-electron chi connectivity index (χ1n) is 9.44. The number of nitrogens with one attached hydrogen (secondary N) is 1. The summed E-state index contributed by atoms with van der Waals surface area (Å²) in [6.45, 7) is -0.507. The summed E-state index contributed by atoms with van der Waals surface area (Å²) in [5.41, 5.74) is 0.855. The molecule has 33 heavy (non-hydrogen) atoms. The summed E-state index contributed by atoms with van der Waals surface area (Å²) < 4.78 is 57.0. The average Bonchev–Trinajstić information content (AvgIpc) is 3.56. The van der Waals surface area contributed by atoms with Gasteiger partial charge in [-0.1, -0.05) is 6.07 Å². The van der Waals surface area contributed by atoms with Gasteiger partial charge in [-0.2, -0.15) is 10.2 Å². The van der Waals surface area contributed by atoms with E-state index < -0.39 is 41.3 Å². The molecule has 5 rings (SSSR count). The van der Waals surface area contributed by atoms with E-state index in [2.05, 4.69) is 20.5 Å². The highest BCUT2D eigenvalue weighted by molar-refractivity contribution is 7.13. The van der Waals surface area contributed by atoms with E-state index in [4.69, 9.17) is 0 Å². The fraction of sp³-hybridized carbons (Fsp3) is 0.0476. The van der Waals surface area contributed by atoms with Gasteiger partial charge in [0.2, 0.25) is 0 Å². The van der Waals surface area contributed by atoms with Crippen molar-refractivity contribution in [3.8, 4) is 10.6 Å². The molecule has 1 amide bonds. The molecular formula is C21H12F4N6OS. The predicted molar refractivity (Wildman–Crippen MR) is 112 cm³/mol.